The zero-order valence-corrected chi connectivity index (χ0v) is 13.2. The van der Waals surface area contributed by atoms with E-state index in [0.717, 1.165) is 49.5 Å². The Morgan fingerprint density at radius 3 is 3.04 bits per heavy atom. The molecule has 0 spiro atoms. The lowest BCUT2D eigenvalue weighted by Crippen LogP contribution is -2.27. The van der Waals surface area contributed by atoms with E-state index in [2.05, 4.69) is 20.4 Å². The number of nitrogens with zero attached hydrogens (tertiary/aromatic N) is 2. The van der Waals surface area contributed by atoms with Crippen molar-refractivity contribution in [3.63, 3.8) is 0 Å². The SMILES string of the molecule is O=c1[nH]c2c(cc1-c1noc(CCC3CCCC3)n1)CNCC2. The summed E-state index contributed by atoms with van der Waals surface area (Å²) in [6.45, 7) is 1.67. The highest BCUT2D eigenvalue weighted by Crippen LogP contribution is 2.28. The fraction of sp³-hybridized carbons (Fsp3) is 0.588. The van der Waals surface area contributed by atoms with Gasteiger partial charge in [0, 0.05) is 31.6 Å². The topological polar surface area (TPSA) is 83.8 Å². The molecule has 2 N–H and O–H groups in total. The Kier molecular flexibility index (Phi) is 3.99. The van der Waals surface area contributed by atoms with E-state index in [1.54, 1.807) is 0 Å². The van der Waals surface area contributed by atoms with Crippen molar-refractivity contribution in [3.8, 4) is 11.4 Å². The van der Waals surface area contributed by atoms with Crippen molar-refractivity contribution in [3.05, 3.63) is 33.6 Å². The summed E-state index contributed by atoms with van der Waals surface area (Å²) in [6.07, 6.45) is 8.09. The minimum atomic E-state index is -0.131. The number of pyridine rings is 1. The minimum Gasteiger partial charge on any atom is -0.339 e. The van der Waals surface area contributed by atoms with Gasteiger partial charge in [0.25, 0.3) is 5.56 Å². The molecule has 1 aliphatic heterocycles. The number of H-pyrrole nitrogens is 1. The summed E-state index contributed by atoms with van der Waals surface area (Å²) in [6, 6.07) is 1.89. The number of rotatable bonds is 4. The maximum Gasteiger partial charge on any atom is 0.259 e. The van der Waals surface area contributed by atoms with E-state index in [0.29, 0.717) is 17.3 Å². The molecule has 6 heteroatoms. The molecular weight excluding hydrogens is 292 g/mol. The number of aromatic amines is 1. The zero-order chi connectivity index (χ0) is 15.6. The molecule has 0 bridgehead atoms. The first-order chi connectivity index (χ1) is 11.3. The second kappa shape index (κ2) is 6.28. The van der Waals surface area contributed by atoms with Crippen LogP contribution in [0.15, 0.2) is 15.4 Å². The fourth-order valence-corrected chi connectivity index (χ4v) is 3.69. The number of hydrogen-bond donors (Lipinski definition) is 2. The molecule has 4 rings (SSSR count). The molecule has 0 unspecified atom stereocenters. The molecule has 1 aliphatic carbocycles. The molecule has 1 saturated carbocycles. The third kappa shape index (κ3) is 3.08. The molecule has 2 aromatic heterocycles. The van der Waals surface area contributed by atoms with Crippen molar-refractivity contribution in [2.24, 2.45) is 5.92 Å². The first-order valence-electron chi connectivity index (χ1n) is 8.58. The van der Waals surface area contributed by atoms with Gasteiger partial charge in [0.1, 0.15) is 0 Å². The van der Waals surface area contributed by atoms with Gasteiger partial charge >= 0.3 is 0 Å². The number of aromatic nitrogens is 3. The molecule has 0 amide bonds. The highest BCUT2D eigenvalue weighted by atomic mass is 16.5. The Bertz CT molecular complexity index is 743. The maximum atomic E-state index is 12.3. The van der Waals surface area contributed by atoms with Gasteiger partial charge in [-0.3, -0.25) is 4.79 Å². The maximum absolute atomic E-state index is 12.3. The predicted octanol–water partition coefficient (Wildman–Crippen LogP) is 2.19. The molecule has 6 nitrogen and oxygen atoms in total. The van der Waals surface area contributed by atoms with Crippen molar-refractivity contribution in [2.45, 2.75) is 51.5 Å². The van der Waals surface area contributed by atoms with Gasteiger partial charge < -0.3 is 14.8 Å². The van der Waals surface area contributed by atoms with Crippen LogP contribution < -0.4 is 10.9 Å². The first-order valence-corrected chi connectivity index (χ1v) is 8.58. The first kappa shape index (κ1) is 14.6. The van der Waals surface area contributed by atoms with Gasteiger partial charge in [-0.05, 0) is 24.0 Å². The molecule has 1 fully saturated rings. The third-order valence-corrected chi connectivity index (χ3v) is 5.03. The van der Waals surface area contributed by atoms with Gasteiger partial charge in [-0.1, -0.05) is 30.8 Å². The van der Waals surface area contributed by atoms with Crippen LogP contribution in [-0.4, -0.2) is 21.7 Å². The smallest absolute Gasteiger partial charge is 0.259 e. The monoisotopic (exact) mass is 314 g/mol. The predicted molar refractivity (Wildman–Crippen MR) is 86.0 cm³/mol. The molecule has 2 aliphatic rings. The van der Waals surface area contributed by atoms with Crippen LogP contribution in [0.3, 0.4) is 0 Å². The molecule has 3 heterocycles. The largest absolute Gasteiger partial charge is 0.339 e. The van der Waals surface area contributed by atoms with E-state index in [-0.39, 0.29) is 5.56 Å². The Morgan fingerprint density at radius 2 is 2.17 bits per heavy atom. The van der Waals surface area contributed by atoms with Crippen molar-refractivity contribution in [1.29, 1.82) is 0 Å². The number of aryl methyl sites for hydroxylation is 1. The van der Waals surface area contributed by atoms with Crippen LogP contribution in [-0.2, 0) is 19.4 Å². The Hall–Kier alpha value is -1.95. The molecule has 2 aromatic rings. The van der Waals surface area contributed by atoms with E-state index in [1.165, 1.54) is 25.7 Å². The molecule has 122 valence electrons. The van der Waals surface area contributed by atoms with Crippen LogP contribution in [0, 0.1) is 5.92 Å². The van der Waals surface area contributed by atoms with E-state index in [4.69, 9.17) is 4.52 Å². The lowest BCUT2D eigenvalue weighted by Gasteiger charge is -2.16. The van der Waals surface area contributed by atoms with Crippen molar-refractivity contribution in [2.75, 3.05) is 6.54 Å². The molecular formula is C17H22N4O2. The van der Waals surface area contributed by atoms with Gasteiger partial charge in [-0.25, -0.2) is 0 Å². The zero-order valence-electron chi connectivity index (χ0n) is 13.2. The quantitative estimate of drug-likeness (QED) is 0.904. The van der Waals surface area contributed by atoms with E-state index < -0.39 is 0 Å². The Balaban J connectivity index is 1.53. The summed E-state index contributed by atoms with van der Waals surface area (Å²) in [4.78, 5) is 19.7. The summed E-state index contributed by atoms with van der Waals surface area (Å²) >= 11 is 0. The molecule has 0 aromatic carbocycles. The van der Waals surface area contributed by atoms with Crippen molar-refractivity contribution >= 4 is 0 Å². The Morgan fingerprint density at radius 1 is 1.30 bits per heavy atom. The highest BCUT2D eigenvalue weighted by Gasteiger charge is 2.19. The highest BCUT2D eigenvalue weighted by molar-refractivity contribution is 5.54. The van der Waals surface area contributed by atoms with Gasteiger partial charge in [0.15, 0.2) is 0 Å². The van der Waals surface area contributed by atoms with Crippen molar-refractivity contribution < 1.29 is 4.52 Å². The van der Waals surface area contributed by atoms with Crippen LogP contribution in [0.4, 0.5) is 0 Å². The second-order valence-electron chi connectivity index (χ2n) is 6.64. The summed E-state index contributed by atoms with van der Waals surface area (Å²) in [7, 11) is 0. The van der Waals surface area contributed by atoms with E-state index in [1.807, 2.05) is 6.07 Å². The average Bonchev–Trinajstić information content (AvgIpc) is 3.24. The number of fused-ring (bicyclic) bond motifs is 1. The normalized spacial score (nSPS) is 18.3. The Labute approximate surface area is 134 Å². The third-order valence-electron chi connectivity index (χ3n) is 5.03. The minimum absolute atomic E-state index is 0.131. The fourth-order valence-electron chi connectivity index (χ4n) is 3.69. The van der Waals surface area contributed by atoms with Gasteiger partial charge in [0.05, 0.1) is 5.56 Å². The van der Waals surface area contributed by atoms with E-state index >= 15 is 0 Å². The number of nitrogens with one attached hydrogen (secondary N) is 2. The lowest BCUT2D eigenvalue weighted by atomic mass is 10.0. The summed E-state index contributed by atoms with van der Waals surface area (Å²) in [5.74, 6) is 1.84. The van der Waals surface area contributed by atoms with Crippen LogP contribution >= 0.6 is 0 Å². The molecule has 0 atom stereocenters. The summed E-state index contributed by atoms with van der Waals surface area (Å²) in [5, 5.41) is 7.32. The summed E-state index contributed by atoms with van der Waals surface area (Å²) in [5.41, 5.74) is 2.50. The van der Waals surface area contributed by atoms with Crippen LogP contribution in [0.5, 0.6) is 0 Å². The lowest BCUT2D eigenvalue weighted by molar-refractivity contribution is 0.362. The van der Waals surface area contributed by atoms with Crippen LogP contribution in [0.2, 0.25) is 0 Å². The van der Waals surface area contributed by atoms with E-state index in [9.17, 15) is 4.79 Å². The second-order valence-corrected chi connectivity index (χ2v) is 6.64. The summed E-state index contributed by atoms with van der Waals surface area (Å²) < 4.78 is 5.35. The van der Waals surface area contributed by atoms with Crippen LogP contribution in [0.1, 0.15) is 49.3 Å². The average molecular weight is 314 g/mol. The van der Waals surface area contributed by atoms with Crippen molar-refractivity contribution in [1.82, 2.24) is 20.4 Å². The van der Waals surface area contributed by atoms with Gasteiger partial charge in [-0.15, -0.1) is 0 Å². The van der Waals surface area contributed by atoms with Crippen LogP contribution in [0.25, 0.3) is 11.4 Å². The number of hydrogen-bond acceptors (Lipinski definition) is 5. The molecule has 23 heavy (non-hydrogen) atoms. The molecule has 0 saturated heterocycles. The standard InChI is InChI=1S/C17H22N4O2/c22-17-13(9-12-10-18-8-7-14(12)19-17)16-20-15(23-21-16)6-5-11-3-1-2-4-11/h9,11,18H,1-8,10H2,(H,19,22). The van der Waals surface area contributed by atoms with Gasteiger partial charge in [-0.2, -0.15) is 4.98 Å². The van der Waals surface area contributed by atoms with Gasteiger partial charge in [0.2, 0.25) is 11.7 Å². The molecule has 0 radical (unpaired) electrons.